The van der Waals surface area contributed by atoms with Gasteiger partial charge in [-0.25, -0.2) is 0 Å². The van der Waals surface area contributed by atoms with Crippen LogP contribution in [0.2, 0.25) is 0 Å². The first-order chi connectivity index (χ1) is 20.8. The summed E-state index contributed by atoms with van der Waals surface area (Å²) in [6, 6.07) is 5.66. The van der Waals surface area contributed by atoms with Crippen molar-refractivity contribution in [3.8, 4) is 0 Å². The van der Waals surface area contributed by atoms with Gasteiger partial charge < -0.3 is 0 Å². The van der Waals surface area contributed by atoms with E-state index in [9.17, 15) is 0 Å². The van der Waals surface area contributed by atoms with E-state index < -0.39 is 0 Å². The smallest absolute Gasteiger partial charge is 0.0107 e. The van der Waals surface area contributed by atoms with Crippen LogP contribution in [0.3, 0.4) is 0 Å². The van der Waals surface area contributed by atoms with Crippen LogP contribution in [-0.4, -0.2) is 46.1 Å². The second-order valence-electron chi connectivity index (χ2n) is 17.7. The fourth-order valence-corrected chi connectivity index (χ4v) is 14.1. The molecule has 0 spiro atoms. The molecule has 2 heteroatoms. The first-order valence-electron chi connectivity index (χ1n) is 20.4. The monoisotopic (exact) mass is 577 g/mol. The maximum absolute atomic E-state index is 3.29. The van der Waals surface area contributed by atoms with Crippen molar-refractivity contribution in [2.45, 2.75) is 216 Å². The lowest BCUT2D eigenvalue weighted by molar-refractivity contribution is -0.126. The Morgan fingerprint density at radius 3 is 0.714 bits per heavy atom. The summed E-state index contributed by atoms with van der Waals surface area (Å²) >= 11 is 0. The molecule has 2 nitrogen and oxygen atoms in total. The minimum absolute atomic E-state index is 0.942. The van der Waals surface area contributed by atoms with Gasteiger partial charge in [-0.1, -0.05) is 77.0 Å². The molecule has 4 atom stereocenters. The summed E-state index contributed by atoms with van der Waals surface area (Å²) in [6.45, 7) is 0. The zero-order valence-corrected chi connectivity index (χ0v) is 27.6. The van der Waals surface area contributed by atoms with Crippen molar-refractivity contribution < 1.29 is 0 Å². The third kappa shape index (κ3) is 5.82. The van der Waals surface area contributed by atoms with Crippen LogP contribution in [0.15, 0.2) is 0 Å². The van der Waals surface area contributed by atoms with Crippen LogP contribution in [0.4, 0.5) is 0 Å². The second kappa shape index (κ2) is 13.3. The number of hydrogen-bond acceptors (Lipinski definition) is 2. The molecule has 8 rings (SSSR count). The molecule has 0 aliphatic heterocycles. The topological polar surface area (TPSA) is 6.48 Å². The predicted molar refractivity (Wildman–Crippen MR) is 177 cm³/mol. The maximum atomic E-state index is 3.29. The van der Waals surface area contributed by atoms with E-state index in [4.69, 9.17) is 0 Å². The van der Waals surface area contributed by atoms with Crippen molar-refractivity contribution in [3.63, 3.8) is 0 Å². The van der Waals surface area contributed by atoms with E-state index in [0.717, 1.165) is 71.8 Å². The third-order valence-electron chi connectivity index (χ3n) is 15.6. The molecule has 8 fully saturated rings. The average molecular weight is 577 g/mol. The van der Waals surface area contributed by atoms with Crippen LogP contribution in [0.1, 0.15) is 180 Å². The molecule has 0 aromatic carbocycles. The highest BCUT2D eigenvalue weighted by atomic mass is 15.2. The molecular weight excluding hydrogens is 508 g/mol. The number of rotatable bonds is 6. The standard InChI is InChI=1S/C40H68N2/c1-5-13-33(14-6-1)41(34-15-7-2-8-16-34)37-25-29-21-23-31-27-38(28-32-24-22-30(26-37)39(29)40(31)32)42(35-17-9-3-10-18-35)36-19-11-4-12-20-36/h29-40H,1-28H2. The van der Waals surface area contributed by atoms with Crippen molar-refractivity contribution in [2.24, 2.45) is 35.5 Å². The molecule has 0 saturated heterocycles. The highest BCUT2D eigenvalue weighted by Gasteiger charge is 2.56. The summed E-state index contributed by atoms with van der Waals surface area (Å²) in [5.74, 6) is 6.57. The molecule has 238 valence electrons. The molecule has 0 aromatic rings. The van der Waals surface area contributed by atoms with Crippen LogP contribution >= 0.6 is 0 Å². The quantitative estimate of drug-likeness (QED) is 0.310. The minimum Gasteiger partial charge on any atom is -0.294 e. The summed E-state index contributed by atoms with van der Waals surface area (Å²) in [4.78, 5) is 6.58. The van der Waals surface area contributed by atoms with Gasteiger partial charge in [-0.05, 0) is 138 Å². The van der Waals surface area contributed by atoms with Gasteiger partial charge in [0, 0.05) is 36.3 Å². The first-order valence-corrected chi connectivity index (χ1v) is 20.4. The molecule has 0 bridgehead atoms. The summed E-state index contributed by atoms with van der Waals surface area (Å²) in [6.07, 6.45) is 43.2. The van der Waals surface area contributed by atoms with Crippen molar-refractivity contribution in [1.82, 2.24) is 9.80 Å². The Hall–Kier alpha value is -0.0800. The van der Waals surface area contributed by atoms with E-state index in [0.29, 0.717) is 0 Å². The highest BCUT2D eigenvalue weighted by molar-refractivity contribution is 5.07. The van der Waals surface area contributed by atoms with Crippen molar-refractivity contribution in [3.05, 3.63) is 0 Å². The predicted octanol–water partition coefficient (Wildman–Crippen LogP) is 10.5. The average Bonchev–Trinajstić information content (AvgIpc) is 3.06. The van der Waals surface area contributed by atoms with Gasteiger partial charge >= 0.3 is 0 Å². The normalized spacial score (nSPS) is 43.0. The van der Waals surface area contributed by atoms with Crippen LogP contribution in [0.5, 0.6) is 0 Å². The van der Waals surface area contributed by atoms with Crippen LogP contribution in [-0.2, 0) is 0 Å². The zero-order valence-electron chi connectivity index (χ0n) is 27.6. The van der Waals surface area contributed by atoms with Gasteiger partial charge in [0.05, 0.1) is 0 Å². The molecule has 42 heavy (non-hydrogen) atoms. The Balaban J connectivity index is 0.992. The fourth-order valence-electron chi connectivity index (χ4n) is 14.1. The minimum atomic E-state index is 0.942. The largest absolute Gasteiger partial charge is 0.294 e. The first kappa shape index (κ1) is 29.3. The Kier molecular flexibility index (Phi) is 9.32. The van der Waals surface area contributed by atoms with Gasteiger partial charge in [0.15, 0.2) is 0 Å². The van der Waals surface area contributed by atoms with Crippen LogP contribution in [0.25, 0.3) is 0 Å². The molecule has 8 aliphatic rings. The summed E-state index contributed by atoms with van der Waals surface area (Å²) < 4.78 is 0. The third-order valence-corrected chi connectivity index (χ3v) is 15.6. The van der Waals surface area contributed by atoms with Crippen molar-refractivity contribution in [2.75, 3.05) is 0 Å². The van der Waals surface area contributed by atoms with Gasteiger partial charge in [-0.15, -0.1) is 0 Å². The fraction of sp³-hybridized carbons (Fsp3) is 1.00. The second-order valence-corrected chi connectivity index (χ2v) is 17.7. The van der Waals surface area contributed by atoms with Gasteiger partial charge in [-0.2, -0.15) is 0 Å². The SMILES string of the molecule is C1CCC(N(C2CCCCC2)C2CC3CCC4CC(N(C5CCCCC5)C5CCCCC5)CC5CCC(C2)C3C45)CC1. The zero-order chi connectivity index (χ0) is 27.9. The van der Waals surface area contributed by atoms with Crippen molar-refractivity contribution >= 4 is 0 Å². The Morgan fingerprint density at radius 2 is 0.476 bits per heavy atom. The number of nitrogens with zero attached hydrogens (tertiary/aromatic N) is 2. The van der Waals surface area contributed by atoms with Crippen LogP contribution in [0, 0.1) is 35.5 Å². The molecule has 4 unspecified atom stereocenters. The summed E-state index contributed by atoms with van der Waals surface area (Å²) in [5, 5.41) is 0. The molecule has 0 aromatic heterocycles. The Labute approximate surface area is 260 Å². The van der Waals surface area contributed by atoms with E-state index in [2.05, 4.69) is 9.80 Å². The van der Waals surface area contributed by atoms with Crippen LogP contribution < -0.4 is 0 Å². The van der Waals surface area contributed by atoms with E-state index in [-0.39, 0.29) is 0 Å². The van der Waals surface area contributed by atoms with E-state index in [1.54, 1.807) is 51.4 Å². The van der Waals surface area contributed by atoms with Gasteiger partial charge in [0.1, 0.15) is 0 Å². The van der Waals surface area contributed by atoms with Gasteiger partial charge in [0.25, 0.3) is 0 Å². The van der Waals surface area contributed by atoms with E-state index in [1.807, 2.05) is 0 Å². The van der Waals surface area contributed by atoms with Crippen molar-refractivity contribution in [1.29, 1.82) is 0 Å². The lowest BCUT2D eigenvalue weighted by Crippen LogP contribution is -2.60. The Morgan fingerprint density at radius 1 is 0.238 bits per heavy atom. The van der Waals surface area contributed by atoms with E-state index >= 15 is 0 Å². The highest BCUT2D eigenvalue weighted by Crippen LogP contribution is 2.61. The Bertz CT molecular complexity index is 712. The van der Waals surface area contributed by atoms with Gasteiger partial charge in [-0.3, -0.25) is 9.80 Å². The lowest BCUT2D eigenvalue weighted by Gasteiger charge is -2.62. The molecule has 0 radical (unpaired) electrons. The molecule has 0 amide bonds. The molecule has 8 aliphatic carbocycles. The molecular formula is C40H68N2. The van der Waals surface area contributed by atoms with E-state index in [1.165, 1.54) is 128 Å². The molecule has 0 heterocycles. The number of hydrogen-bond donors (Lipinski definition) is 0. The van der Waals surface area contributed by atoms with Gasteiger partial charge in [0.2, 0.25) is 0 Å². The summed E-state index contributed by atoms with van der Waals surface area (Å²) in [7, 11) is 0. The molecule has 0 N–H and O–H groups in total. The summed E-state index contributed by atoms with van der Waals surface area (Å²) in [5.41, 5.74) is 0. The maximum Gasteiger partial charge on any atom is 0.0107 e. The molecule has 8 saturated carbocycles. The lowest BCUT2D eigenvalue weighted by atomic mass is 9.47.